The van der Waals surface area contributed by atoms with E-state index in [0.717, 1.165) is 26.2 Å². The van der Waals surface area contributed by atoms with Gasteiger partial charge in [-0.05, 0) is 30.5 Å². The van der Waals surface area contributed by atoms with Crippen LogP contribution in [0.25, 0.3) is 0 Å². The lowest BCUT2D eigenvalue weighted by Gasteiger charge is -2.34. The largest absolute Gasteiger partial charge is 0.330 e. The van der Waals surface area contributed by atoms with Crippen LogP contribution in [-0.2, 0) is 6.54 Å². The lowest BCUT2D eigenvalue weighted by atomic mass is 9.85. The van der Waals surface area contributed by atoms with Gasteiger partial charge >= 0.3 is 0 Å². The molecule has 102 valence electrons. The van der Waals surface area contributed by atoms with E-state index in [1.807, 2.05) is 0 Å². The molecule has 2 nitrogen and oxygen atoms in total. The highest BCUT2D eigenvalue weighted by Crippen LogP contribution is 2.23. The van der Waals surface area contributed by atoms with E-state index in [2.05, 4.69) is 56.0 Å². The summed E-state index contributed by atoms with van der Waals surface area (Å²) in [7, 11) is 0. The van der Waals surface area contributed by atoms with Crippen molar-refractivity contribution in [2.75, 3.05) is 19.6 Å². The van der Waals surface area contributed by atoms with Crippen LogP contribution in [0.5, 0.6) is 0 Å². The molecule has 0 radical (unpaired) electrons. The summed E-state index contributed by atoms with van der Waals surface area (Å²) in [6.07, 6.45) is 2.41. The van der Waals surface area contributed by atoms with Crippen LogP contribution in [0.15, 0.2) is 30.3 Å². The quantitative estimate of drug-likeness (QED) is 0.765. The van der Waals surface area contributed by atoms with E-state index in [1.54, 1.807) is 0 Å². The number of hydrogen-bond donors (Lipinski definition) is 1. The Hall–Kier alpha value is -0.860. The summed E-state index contributed by atoms with van der Waals surface area (Å²) in [4.78, 5) is 2.50. The molecule has 18 heavy (non-hydrogen) atoms. The molecule has 1 atom stereocenters. The van der Waals surface area contributed by atoms with E-state index in [1.165, 1.54) is 18.4 Å². The molecule has 2 heteroatoms. The first-order chi connectivity index (χ1) is 8.63. The molecule has 0 bridgehead atoms. The molecule has 0 aliphatic rings. The highest BCUT2D eigenvalue weighted by Gasteiger charge is 2.24. The summed E-state index contributed by atoms with van der Waals surface area (Å²) >= 11 is 0. The molecule has 0 fully saturated rings. The molecular weight excluding hydrogens is 220 g/mol. The fourth-order valence-electron chi connectivity index (χ4n) is 2.51. The van der Waals surface area contributed by atoms with Gasteiger partial charge in [-0.3, -0.25) is 4.90 Å². The molecule has 0 heterocycles. The molecule has 0 saturated heterocycles. The van der Waals surface area contributed by atoms with Gasteiger partial charge in [0.25, 0.3) is 0 Å². The Morgan fingerprint density at radius 3 is 2.33 bits per heavy atom. The Balaban J connectivity index is 2.61. The van der Waals surface area contributed by atoms with Crippen molar-refractivity contribution in [3.8, 4) is 0 Å². The third-order valence-corrected chi connectivity index (χ3v) is 3.65. The van der Waals surface area contributed by atoms with Crippen LogP contribution >= 0.6 is 0 Å². The molecule has 1 aromatic carbocycles. The minimum atomic E-state index is 0.250. The van der Waals surface area contributed by atoms with Crippen LogP contribution in [0.3, 0.4) is 0 Å². The molecular formula is C16H28N2. The average molecular weight is 248 g/mol. The van der Waals surface area contributed by atoms with Gasteiger partial charge in [0.05, 0.1) is 0 Å². The van der Waals surface area contributed by atoms with Crippen molar-refractivity contribution in [2.45, 2.75) is 40.2 Å². The SMILES string of the molecule is CCCC(C)(CN)CN(CC)Cc1ccccc1. The van der Waals surface area contributed by atoms with Crippen LogP contribution in [0.4, 0.5) is 0 Å². The van der Waals surface area contributed by atoms with Crippen LogP contribution in [0.2, 0.25) is 0 Å². The van der Waals surface area contributed by atoms with Crippen LogP contribution in [-0.4, -0.2) is 24.5 Å². The van der Waals surface area contributed by atoms with Crippen molar-refractivity contribution in [1.82, 2.24) is 4.90 Å². The first-order valence-corrected chi connectivity index (χ1v) is 7.10. The van der Waals surface area contributed by atoms with Gasteiger partial charge in [0.15, 0.2) is 0 Å². The maximum Gasteiger partial charge on any atom is 0.0233 e. The van der Waals surface area contributed by atoms with Crippen LogP contribution in [0, 0.1) is 5.41 Å². The Labute approximate surface area is 112 Å². The molecule has 0 aliphatic carbocycles. The lowest BCUT2D eigenvalue weighted by Crippen LogP contribution is -2.40. The number of nitrogens with zero attached hydrogens (tertiary/aromatic N) is 1. The highest BCUT2D eigenvalue weighted by atomic mass is 15.1. The number of hydrogen-bond acceptors (Lipinski definition) is 2. The standard InChI is InChI=1S/C16H28N2/c1-4-11-16(3,13-17)14-18(5-2)12-15-9-7-6-8-10-15/h6-10H,4-5,11-14,17H2,1-3H3. The summed E-state index contributed by atoms with van der Waals surface area (Å²) < 4.78 is 0. The summed E-state index contributed by atoms with van der Waals surface area (Å²) in [5, 5.41) is 0. The Morgan fingerprint density at radius 1 is 1.17 bits per heavy atom. The minimum absolute atomic E-state index is 0.250. The zero-order valence-electron chi connectivity index (χ0n) is 12.2. The summed E-state index contributed by atoms with van der Waals surface area (Å²) in [6, 6.07) is 10.7. The molecule has 0 amide bonds. The first-order valence-electron chi connectivity index (χ1n) is 7.10. The van der Waals surface area contributed by atoms with E-state index in [4.69, 9.17) is 5.73 Å². The Morgan fingerprint density at radius 2 is 1.83 bits per heavy atom. The maximum absolute atomic E-state index is 5.96. The lowest BCUT2D eigenvalue weighted by molar-refractivity contribution is 0.158. The van der Waals surface area contributed by atoms with Gasteiger partial charge < -0.3 is 5.73 Å². The second-order valence-electron chi connectivity index (χ2n) is 5.55. The average Bonchev–Trinajstić information content (AvgIpc) is 2.39. The number of nitrogens with two attached hydrogens (primary N) is 1. The Bertz CT molecular complexity index is 323. The van der Waals surface area contributed by atoms with E-state index in [0.29, 0.717) is 0 Å². The van der Waals surface area contributed by atoms with Crippen molar-refractivity contribution >= 4 is 0 Å². The smallest absolute Gasteiger partial charge is 0.0233 e. The number of benzene rings is 1. The Kier molecular flexibility index (Phi) is 6.37. The first kappa shape index (κ1) is 15.2. The maximum atomic E-state index is 5.96. The van der Waals surface area contributed by atoms with E-state index in [-0.39, 0.29) is 5.41 Å². The zero-order chi connectivity index (χ0) is 13.4. The minimum Gasteiger partial charge on any atom is -0.330 e. The van der Waals surface area contributed by atoms with Gasteiger partial charge in [0.1, 0.15) is 0 Å². The molecule has 0 aliphatic heterocycles. The predicted molar refractivity (Wildman–Crippen MR) is 79.5 cm³/mol. The third-order valence-electron chi connectivity index (χ3n) is 3.65. The molecule has 0 saturated carbocycles. The van der Waals surface area contributed by atoms with E-state index < -0.39 is 0 Å². The van der Waals surface area contributed by atoms with Crippen molar-refractivity contribution in [2.24, 2.45) is 11.1 Å². The van der Waals surface area contributed by atoms with Crippen molar-refractivity contribution in [3.05, 3.63) is 35.9 Å². The van der Waals surface area contributed by atoms with Gasteiger partial charge in [-0.25, -0.2) is 0 Å². The fourth-order valence-corrected chi connectivity index (χ4v) is 2.51. The molecule has 1 rings (SSSR count). The molecule has 0 aromatic heterocycles. The van der Waals surface area contributed by atoms with E-state index >= 15 is 0 Å². The summed E-state index contributed by atoms with van der Waals surface area (Å²) in [5.74, 6) is 0. The second-order valence-corrected chi connectivity index (χ2v) is 5.55. The molecule has 2 N–H and O–H groups in total. The van der Waals surface area contributed by atoms with Crippen molar-refractivity contribution in [3.63, 3.8) is 0 Å². The van der Waals surface area contributed by atoms with Crippen LogP contribution in [0.1, 0.15) is 39.2 Å². The van der Waals surface area contributed by atoms with Crippen LogP contribution < -0.4 is 5.73 Å². The zero-order valence-corrected chi connectivity index (χ0v) is 12.2. The molecule has 1 unspecified atom stereocenters. The fraction of sp³-hybridized carbons (Fsp3) is 0.625. The monoisotopic (exact) mass is 248 g/mol. The summed E-state index contributed by atoms with van der Waals surface area (Å²) in [6.45, 7) is 10.7. The highest BCUT2D eigenvalue weighted by molar-refractivity contribution is 5.14. The third kappa shape index (κ3) is 4.79. The molecule has 1 aromatic rings. The second kappa shape index (κ2) is 7.55. The number of rotatable bonds is 8. The van der Waals surface area contributed by atoms with Gasteiger partial charge in [-0.2, -0.15) is 0 Å². The van der Waals surface area contributed by atoms with Gasteiger partial charge in [-0.15, -0.1) is 0 Å². The molecule has 0 spiro atoms. The van der Waals surface area contributed by atoms with Gasteiger partial charge in [-0.1, -0.05) is 57.5 Å². The normalized spacial score (nSPS) is 14.7. The van der Waals surface area contributed by atoms with Gasteiger partial charge in [0, 0.05) is 13.1 Å². The predicted octanol–water partition coefficient (Wildman–Crippen LogP) is 3.27. The van der Waals surface area contributed by atoms with E-state index in [9.17, 15) is 0 Å². The van der Waals surface area contributed by atoms with Crippen molar-refractivity contribution < 1.29 is 0 Å². The topological polar surface area (TPSA) is 29.3 Å². The van der Waals surface area contributed by atoms with Gasteiger partial charge in [0.2, 0.25) is 0 Å². The summed E-state index contributed by atoms with van der Waals surface area (Å²) in [5.41, 5.74) is 7.60. The van der Waals surface area contributed by atoms with Crippen molar-refractivity contribution in [1.29, 1.82) is 0 Å².